The first-order valence-corrected chi connectivity index (χ1v) is 8.08. The van der Waals surface area contributed by atoms with Gasteiger partial charge in [-0.15, -0.1) is 0 Å². The Hall–Kier alpha value is -0.0800. The van der Waals surface area contributed by atoms with Gasteiger partial charge in [-0.2, -0.15) is 0 Å². The SMILES string of the molecule is CNCC1(OC2CCCCC2C)CCCCCC1. The maximum Gasteiger partial charge on any atom is 0.0810 e. The van der Waals surface area contributed by atoms with Crippen molar-refractivity contribution in [3.63, 3.8) is 0 Å². The first-order valence-electron chi connectivity index (χ1n) is 8.08. The molecule has 2 aliphatic rings. The molecule has 2 atom stereocenters. The van der Waals surface area contributed by atoms with Gasteiger partial charge in [-0.3, -0.25) is 0 Å². The normalized spacial score (nSPS) is 33.0. The average Bonchev–Trinajstić information content (AvgIpc) is 2.59. The molecule has 0 heterocycles. The van der Waals surface area contributed by atoms with Crippen molar-refractivity contribution >= 4 is 0 Å². The Morgan fingerprint density at radius 2 is 1.67 bits per heavy atom. The topological polar surface area (TPSA) is 21.3 Å². The van der Waals surface area contributed by atoms with Crippen LogP contribution < -0.4 is 5.32 Å². The van der Waals surface area contributed by atoms with Crippen LogP contribution in [0.2, 0.25) is 0 Å². The maximum absolute atomic E-state index is 6.69. The van der Waals surface area contributed by atoms with Gasteiger partial charge in [-0.1, -0.05) is 45.4 Å². The van der Waals surface area contributed by atoms with Crippen LogP contribution in [0.25, 0.3) is 0 Å². The van der Waals surface area contributed by atoms with E-state index in [1.165, 1.54) is 64.2 Å². The lowest BCUT2D eigenvalue weighted by Gasteiger charge is -2.40. The molecule has 0 bridgehead atoms. The van der Waals surface area contributed by atoms with Gasteiger partial charge in [0.1, 0.15) is 0 Å². The number of ether oxygens (including phenoxy) is 1. The molecule has 2 saturated carbocycles. The monoisotopic (exact) mass is 253 g/mol. The third kappa shape index (κ3) is 3.71. The second kappa shape index (κ2) is 6.91. The highest BCUT2D eigenvalue weighted by atomic mass is 16.5. The molecule has 1 N–H and O–H groups in total. The summed E-state index contributed by atoms with van der Waals surface area (Å²) in [7, 11) is 2.07. The fourth-order valence-corrected chi connectivity index (χ4v) is 3.81. The Bertz CT molecular complexity index is 233. The number of hydrogen-bond donors (Lipinski definition) is 1. The molecule has 18 heavy (non-hydrogen) atoms. The molecule has 2 fully saturated rings. The Labute approximate surface area is 113 Å². The van der Waals surface area contributed by atoms with Gasteiger partial charge in [0.05, 0.1) is 11.7 Å². The van der Waals surface area contributed by atoms with Crippen molar-refractivity contribution < 1.29 is 4.74 Å². The maximum atomic E-state index is 6.69. The van der Waals surface area contributed by atoms with E-state index in [2.05, 4.69) is 19.3 Å². The lowest BCUT2D eigenvalue weighted by Crippen LogP contribution is -2.46. The van der Waals surface area contributed by atoms with E-state index in [-0.39, 0.29) is 5.60 Å². The summed E-state index contributed by atoms with van der Waals surface area (Å²) < 4.78 is 6.69. The minimum absolute atomic E-state index is 0.140. The van der Waals surface area contributed by atoms with Crippen molar-refractivity contribution in [3.8, 4) is 0 Å². The highest BCUT2D eigenvalue weighted by molar-refractivity contribution is 4.88. The smallest absolute Gasteiger partial charge is 0.0810 e. The molecule has 0 aliphatic heterocycles. The molecule has 0 spiro atoms. The van der Waals surface area contributed by atoms with Crippen molar-refractivity contribution in [1.29, 1.82) is 0 Å². The number of rotatable bonds is 4. The molecule has 0 radical (unpaired) electrons. The van der Waals surface area contributed by atoms with Gasteiger partial charge in [0.2, 0.25) is 0 Å². The van der Waals surface area contributed by atoms with Gasteiger partial charge in [0.25, 0.3) is 0 Å². The Morgan fingerprint density at radius 3 is 2.28 bits per heavy atom. The average molecular weight is 253 g/mol. The van der Waals surface area contributed by atoms with Crippen LogP contribution in [-0.2, 0) is 4.74 Å². The van der Waals surface area contributed by atoms with E-state index in [0.717, 1.165) is 12.5 Å². The quantitative estimate of drug-likeness (QED) is 0.767. The molecule has 0 aromatic carbocycles. The van der Waals surface area contributed by atoms with Crippen LogP contribution in [-0.4, -0.2) is 25.3 Å². The molecule has 0 saturated heterocycles. The molecular weight excluding hydrogens is 222 g/mol. The second-order valence-electron chi connectivity index (χ2n) is 6.55. The van der Waals surface area contributed by atoms with Crippen LogP contribution in [0.5, 0.6) is 0 Å². The zero-order chi connectivity index (χ0) is 12.8. The third-order valence-electron chi connectivity index (χ3n) is 4.95. The van der Waals surface area contributed by atoms with Crippen LogP contribution in [0, 0.1) is 5.92 Å². The van der Waals surface area contributed by atoms with Crippen molar-refractivity contribution in [3.05, 3.63) is 0 Å². The second-order valence-corrected chi connectivity index (χ2v) is 6.55. The predicted octanol–water partition coefficient (Wildman–Crippen LogP) is 3.89. The first kappa shape index (κ1) is 14.3. The van der Waals surface area contributed by atoms with Crippen LogP contribution in [0.4, 0.5) is 0 Å². The van der Waals surface area contributed by atoms with E-state index in [9.17, 15) is 0 Å². The molecule has 0 amide bonds. The molecular formula is C16H31NO. The van der Waals surface area contributed by atoms with Crippen LogP contribution >= 0.6 is 0 Å². The zero-order valence-corrected chi connectivity index (χ0v) is 12.3. The summed E-state index contributed by atoms with van der Waals surface area (Å²) >= 11 is 0. The van der Waals surface area contributed by atoms with E-state index in [0.29, 0.717) is 6.10 Å². The van der Waals surface area contributed by atoms with E-state index in [1.807, 2.05) is 0 Å². The number of likely N-dealkylation sites (N-methyl/N-ethyl adjacent to an activating group) is 1. The van der Waals surface area contributed by atoms with Crippen molar-refractivity contribution in [1.82, 2.24) is 5.32 Å². The van der Waals surface area contributed by atoms with E-state index in [4.69, 9.17) is 4.74 Å². The summed E-state index contributed by atoms with van der Waals surface area (Å²) in [6.07, 6.45) is 14.0. The molecule has 106 valence electrons. The number of nitrogens with one attached hydrogen (secondary N) is 1. The van der Waals surface area contributed by atoms with Gasteiger partial charge in [0, 0.05) is 6.54 Å². The molecule has 2 heteroatoms. The highest BCUT2D eigenvalue weighted by Gasteiger charge is 2.36. The number of hydrogen-bond acceptors (Lipinski definition) is 2. The third-order valence-corrected chi connectivity index (χ3v) is 4.95. The summed E-state index contributed by atoms with van der Waals surface area (Å²) in [6.45, 7) is 3.42. The van der Waals surface area contributed by atoms with Crippen molar-refractivity contribution in [2.75, 3.05) is 13.6 Å². The van der Waals surface area contributed by atoms with Gasteiger partial charge in [0.15, 0.2) is 0 Å². The molecule has 0 aromatic rings. The van der Waals surface area contributed by atoms with Gasteiger partial charge in [-0.25, -0.2) is 0 Å². The zero-order valence-electron chi connectivity index (χ0n) is 12.3. The molecule has 0 aromatic heterocycles. The Balaban J connectivity index is 1.99. The lowest BCUT2D eigenvalue weighted by atomic mass is 9.86. The Kier molecular flexibility index (Phi) is 5.50. The van der Waals surface area contributed by atoms with Crippen LogP contribution in [0.1, 0.15) is 71.1 Å². The predicted molar refractivity (Wildman–Crippen MR) is 76.9 cm³/mol. The molecule has 2 unspecified atom stereocenters. The van der Waals surface area contributed by atoms with Crippen molar-refractivity contribution in [2.45, 2.75) is 82.8 Å². The first-order chi connectivity index (χ1) is 8.76. The van der Waals surface area contributed by atoms with Gasteiger partial charge >= 0.3 is 0 Å². The highest BCUT2D eigenvalue weighted by Crippen LogP contribution is 2.36. The van der Waals surface area contributed by atoms with Crippen LogP contribution in [0.3, 0.4) is 0 Å². The van der Waals surface area contributed by atoms with E-state index >= 15 is 0 Å². The summed E-state index contributed by atoms with van der Waals surface area (Å²) in [4.78, 5) is 0. The molecule has 2 nitrogen and oxygen atoms in total. The van der Waals surface area contributed by atoms with Crippen molar-refractivity contribution in [2.24, 2.45) is 5.92 Å². The molecule has 2 aliphatic carbocycles. The van der Waals surface area contributed by atoms with E-state index < -0.39 is 0 Å². The largest absolute Gasteiger partial charge is 0.370 e. The fourth-order valence-electron chi connectivity index (χ4n) is 3.81. The minimum Gasteiger partial charge on any atom is -0.370 e. The molecule has 2 rings (SSSR count). The van der Waals surface area contributed by atoms with Crippen LogP contribution in [0.15, 0.2) is 0 Å². The lowest BCUT2D eigenvalue weighted by molar-refractivity contribution is -0.128. The summed E-state index contributed by atoms with van der Waals surface area (Å²) in [5.41, 5.74) is 0.140. The summed E-state index contributed by atoms with van der Waals surface area (Å²) in [5, 5.41) is 3.39. The minimum atomic E-state index is 0.140. The summed E-state index contributed by atoms with van der Waals surface area (Å²) in [6, 6.07) is 0. The van der Waals surface area contributed by atoms with Gasteiger partial charge < -0.3 is 10.1 Å². The van der Waals surface area contributed by atoms with E-state index in [1.54, 1.807) is 0 Å². The van der Waals surface area contributed by atoms with Gasteiger partial charge in [-0.05, 0) is 38.6 Å². The Morgan fingerprint density at radius 1 is 1.00 bits per heavy atom. The summed E-state index contributed by atoms with van der Waals surface area (Å²) in [5.74, 6) is 0.760. The standard InChI is InChI=1S/C16H31NO/c1-14-9-5-6-10-15(14)18-16(13-17-2)11-7-3-4-8-12-16/h14-15,17H,3-13H2,1-2H3. The fraction of sp³-hybridized carbons (Fsp3) is 1.00.